The lowest BCUT2D eigenvalue weighted by Crippen LogP contribution is -2.34. The summed E-state index contributed by atoms with van der Waals surface area (Å²) in [4.78, 5) is 21.2. The highest BCUT2D eigenvalue weighted by Crippen LogP contribution is 2.28. The number of nitrogens with one attached hydrogen (secondary N) is 1. The summed E-state index contributed by atoms with van der Waals surface area (Å²) in [7, 11) is 0. The largest absolute Gasteiger partial charge is 0.493 e. The van der Waals surface area contributed by atoms with Crippen molar-refractivity contribution in [2.75, 3.05) is 6.61 Å². The lowest BCUT2D eigenvalue weighted by Gasteiger charge is -2.23. The highest BCUT2D eigenvalue weighted by atomic mass is 79.9. The zero-order chi connectivity index (χ0) is 25.9. The van der Waals surface area contributed by atoms with Crippen LogP contribution in [0.15, 0.2) is 53.4 Å². The van der Waals surface area contributed by atoms with Gasteiger partial charge in [-0.15, -0.1) is 0 Å². The van der Waals surface area contributed by atoms with Crippen LogP contribution in [-0.4, -0.2) is 32.8 Å². The second-order valence-electron chi connectivity index (χ2n) is 9.70. The number of imidazole rings is 1. The van der Waals surface area contributed by atoms with E-state index in [9.17, 15) is 9.18 Å². The van der Waals surface area contributed by atoms with Gasteiger partial charge in [-0.3, -0.25) is 4.98 Å². The molecule has 0 aliphatic heterocycles. The minimum atomic E-state index is -0.620. The van der Waals surface area contributed by atoms with E-state index in [1.165, 1.54) is 12.1 Å². The van der Waals surface area contributed by atoms with Crippen molar-refractivity contribution >= 4 is 44.0 Å². The molecule has 1 N–H and O–H groups in total. The molecule has 1 amide bonds. The molecule has 0 radical (unpaired) electrons. The molecule has 2 aromatic carbocycles. The number of halogens is 2. The molecule has 0 saturated carbocycles. The number of rotatable bonds is 8. The lowest BCUT2D eigenvalue weighted by molar-refractivity contribution is 0.0507. The molecule has 9 heteroatoms. The Morgan fingerprint density at radius 2 is 1.94 bits per heavy atom. The molecular formula is C27H30BrFN4O3. The molecule has 0 spiro atoms. The van der Waals surface area contributed by atoms with E-state index in [1.54, 1.807) is 40.0 Å². The fourth-order valence-electron chi connectivity index (χ4n) is 4.01. The average molecular weight is 557 g/mol. The van der Waals surface area contributed by atoms with Gasteiger partial charge in [0.1, 0.15) is 22.7 Å². The quantitative estimate of drug-likeness (QED) is 0.238. The van der Waals surface area contributed by atoms with Crippen molar-refractivity contribution in [3.8, 4) is 5.75 Å². The molecule has 7 nitrogen and oxygen atoms in total. The van der Waals surface area contributed by atoms with Crippen molar-refractivity contribution in [3.63, 3.8) is 0 Å². The van der Waals surface area contributed by atoms with Crippen molar-refractivity contribution in [2.45, 2.75) is 58.7 Å². The number of pyridine rings is 1. The number of carbonyl (C=O) groups excluding carboxylic acids is 1. The smallest absolute Gasteiger partial charge is 0.408 e. The van der Waals surface area contributed by atoms with Crippen LogP contribution in [0, 0.1) is 5.82 Å². The van der Waals surface area contributed by atoms with Gasteiger partial charge in [0.15, 0.2) is 0 Å². The lowest BCUT2D eigenvalue weighted by atomic mass is 10.1. The van der Waals surface area contributed by atoms with Crippen LogP contribution in [0.5, 0.6) is 5.75 Å². The van der Waals surface area contributed by atoms with Crippen molar-refractivity contribution in [3.05, 3.63) is 64.8 Å². The van der Waals surface area contributed by atoms with Gasteiger partial charge in [-0.1, -0.05) is 15.9 Å². The molecule has 190 valence electrons. The Balaban J connectivity index is 1.37. The number of benzene rings is 2. The first-order valence-corrected chi connectivity index (χ1v) is 12.7. The van der Waals surface area contributed by atoms with E-state index in [0.717, 1.165) is 45.8 Å². The maximum absolute atomic E-state index is 14.0. The summed E-state index contributed by atoms with van der Waals surface area (Å²) in [5.74, 6) is 0.144. The van der Waals surface area contributed by atoms with Gasteiger partial charge in [0.2, 0.25) is 0 Å². The van der Waals surface area contributed by atoms with Crippen LogP contribution in [0.2, 0.25) is 0 Å². The van der Waals surface area contributed by atoms with Crippen LogP contribution in [0.25, 0.3) is 21.9 Å². The van der Waals surface area contributed by atoms with Gasteiger partial charge in [-0.2, -0.15) is 0 Å². The van der Waals surface area contributed by atoms with Gasteiger partial charge in [0, 0.05) is 22.0 Å². The fraction of sp³-hybridized carbons (Fsp3) is 0.370. The third kappa shape index (κ3) is 6.32. The molecular weight excluding hydrogens is 527 g/mol. The number of hydrogen-bond donors (Lipinski definition) is 1. The topological polar surface area (TPSA) is 78.3 Å². The molecule has 4 aromatic rings. The van der Waals surface area contributed by atoms with E-state index < -0.39 is 23.6 Å². The van der Waals surface area contributed by atoms with E-state index in [-0.39, 0.29) is 0 Å². The normalized spacial score (nSPS) is 12.6. The predicted molar refractivity (Wildman–Crippen MR) is 142 cm³/mol. The van der Waals surface area contributed by atoms with E-state index in [0.29, 0.717) is 17.9 Å². The van der Waals surface area contributed by atoms with Crippen LogP contribution in [0.3, 0.4) is 0 Å². The molecule has 4 rings (SSSR count). The molecule has 2 heterocycles. The minimum absolute atomic E-state index is 0.393. The van der Waals surface area contributed by atoms with Gasteiger partial charge in [0.25, 0.3) is 0 Å². The maximum Gasteiger partial charge on any atom is 0.408 e. The number of fused-ring (bicyclic) bond motifs is 3. The van der Waals surface area contributed by atoms with Crippen molar-refractivity contribution in [2.24, 2.45) is 0 Å². The van der Waals surface area contributed by atoms with Crippen LogP contribution in [0.1, 0.15) is 52.1 Å². The molecule has 1 unspecified atom stereocenters. The third-order valence-corrected chi connectivity index (χ3v) is 6.12. The zero-order valence-corrected chi connectivity index (χ0v) is 22.4. The summed E-state index contributed by atoms with van der Waals surface area (Å²) in [5, 5.41) is 3.80. The highest BCUT2D eigenvalue weighted by Gasteiger charge is 2.20. The average Bonchev–Trinajstić information content (AvgIpc) is 3.21. The fourth-order valence-corrected chi connectivity index (χ4v) is 4.37. The van der Waals surface area contributed by atoms with E-state index >= 15 is 0 Å². The van der Waals surface area contributed by atoms with Crippen LogP contribution >= 0.6 is 15.9 Å². The molecule has 0 bridgehead atoms. The summed E-state index contributed by atoms with van der Waals surface area (Å²) in [6.45, 7) is 8.38. The van der Waals surface area contributed by atoms with Crippen molar-refractivity contribution < 1.29 is 18.7 Å². The Hall–Kier alpha value is -3.20. The summed E-state index contributed by atoms with van der Waals surface area (Å²) in [6, 6.07) is 9.88. The van der Waals surface area contributed by atoms with Crippen LogP contribution in [-0.2, 0) is 11.3 Å². The van der Waals surface area contributed by atoms with Crippen LogP contribution in [0.4, 0.5) is 9.18 Å². The third-order valence-electron chi connectivity index (χ3n) is 5.63. The number of nitrogens with zero attached hydrogens (tertiary/aromatic N) is 3. The number of hydrogen-bond acceptors (Lipinski definition) is 5. The van der Waals surface area contributed by atoms with Crippen molar-refractivity contribution in [1.29, 1.82) is 0 Å². The second kappa shape index (κ2) is 10.8. The molecule has 2 aromatic heterocycles. The second-order valence-corrected chi connectivity index (χ2v) is 10.6. The minimum Gasteiger partial charge on any atom is -0.493 e. The SMILES string of the molecule is CC(NC(=O)OC(C)(C)C)c1cc(F)ccc1OCCCCn1cnc2cnc3ccc(Br)cc3c21. The summed E-state index contributed by atoms with van der Waals surface area (Å²) < 4.78 is 28.4. The Morgan fingerprint density at radius 3 is 2.72 bits per heavy atom. The molecule has 0 aliphatic rings. The Bertz CT molecular complexity index is 1380. The number of carbonyl (C=O) groups is 1. The Kier molecular flexibility index (Phi) is 7.78. The van der Waals surface area contributed by atoms with Crippen molar-refractivity contribution in [1.82, 2.24) is 19.9 Å². The first-order chi connectivity index (χ1) is 17.1. The molecule has 1 atom stereocenters. The van der Waals surface area contributed by atoms with Crippen LogP contribution < -0.4 is 10.1 Å². The summed E-state index contributed by atoms with van der Waals surface area (Å²) in [5.41, 5.74) is 2.79. The summed E-state index contributed by atoms with van der Waals surface area (Å²) in [6.07, 6.45) is 4.74. The monoisotopic (exact) mass is 556 g/mol. The van der Waals surface area contributed by atoms with Gasteiger partial charge in [0.05, 0.1) is 36.2 Å². The Labute approximate surface area is 218 Å². The first-order valence-electron chi connectivity index (χ1n) is 11.9. The maximum atomic E-state index is 14.0. The molecule has 36 heavy (non-hydrogen) atoms. The van der Waals surface area contributed by atoms with E-state index in [4.69, 9.17) is 9.47 Å². The van der Waals surface area contributed by atoms with Gasteiger partial charge in [-0.05, 0) is 76.9 Å². The zero-order valence-electron chi connectivity index (χ0n) is 20.8. The first kappa shape index (κ1) is 25.9. The highest BCUT2D eigenvalue weighted by molar-refractivity contribution is 9.10. The van der Waals surface area contributed by atoms with Gasteiger partial charge in [-0.25, -0.2) is 14.2 Å². The number of aromatic nitrogens is 3. The summed E-state index contributed by atoms with van der Waals surface area (Å²) >= 11 is 3.54. The van der Waals surface area contributed by atoms with Gasteiger partial charge < -0.3 is 19.4 Å². The van der Waals surface area contributed by atoms with E-state index in [2.05, 4.69) is 41.8 Å². The standard InChI is InChI=1S/C27H30BrFN4O3/c1-17(32-26(34)36-27(2,3)4)20-14-19(29)8-10-24(20)35-12-6-5-11-33-16-31-23-15-30-22-9-7-18(28)13-21(22)25(23)33/h7-10,13-17H,5-6,11-12H2,1-4H3,(H,32,34). The number of aryl methyl sites for hydroxylation is 1. The number of ether oxygens (including phenoxy) is 2. The Morgan fingerprint density at radius 1 is 1.14 bits per heavy atom. The molecule has 0 fully saturated rings. The predicted octanol–water partition coefficient (Wildman–Crippen LogP) is 6.93. The number of amides is 1. The number of alkyl carbamates (subject to hydrolysis) is 1. The number of unbranched alkanes of at least 4 members (excludes halogenated alkanes) is 1. The van der Waals surface area contributed by atoms with E-state index in [1.807, 2.05) is 18.5 Å². The molecule has 0 aliphatic carbocycles. The molecule has 0 saturated heterocycles. The van der Waals surface area contributed by atoms with Gasteiger partial charge >= 0.3 is 6.09 Å².